The Bertz CT molecular complexity index is 902. The molecular weight excluding hydrogens is 332 g/mol. The van der Waals surface area contributed by atoms with E-state index in [9.17, 15) is 4.79 Å². The Morgan fingerprint density at radius 2 is 2.23 bits per heavy atom. The minimum atomic E-state index is 0.0367. The Morgan fingerprint density at radius 3 is 3.12 bits per heavy atom. The number of carbonyl (C=O) groups is 1. The first-order valence-corrected chi connectivity index (χ1v) is 8.86. The van der Waals surface area contributed by atoms with E-state index in [4.69, 9.17) is 4.74 Å². The summed E-state index contributed by atoms with van der Waals surface area (Å²) in [6.45, 7) is 2.88. The highest BCUT2D eigenvalue weighted by Crippen LogP contribution is 2.27. The molecule has 4 rings (SSSR count). The first-order valence-electron chi connectivity index (χ1n) is 8.86. The molecular formula is C18H22N6O2. The van der Waals surface area contributed by atoms with E-state index >= 15 is 0 Å². The smallest absolute Gasteiger partial charge is 0.253 e. The number of amides is 1. The summed E-state index contributed by atoms with van der Waals surface area (Å²) in [7, 11) is 1.70. The molecule has 0 bridgehead atoms. The summed E-state index contributed by atoms with van der Waals surface area (Å²) in [6.07, 6.45) is 5.81. The summed E-state index contributed by atoms with van der Waals surface area (Å²) in [5.41, 5.74) is 2.12. The number of hydrogen-bond donors (Lipinski definition) is 1. The van der Waals surface area contributed by atoms with Crippen LogP contribution in [0.25, 0.3) is 11.0 Å². The van der Waals surface area contributed by atoms with Gasteiger partial charge in [0.1, 0.15) is 16.9 Å². The lowest BCUT2D eigenvalue weighted by molar-refractivity contribution is 0.0702. The molecule has 0 unspecified atom stereocenters. The van der Waals surface area contributed by atoms with Crippen LogP contribution in [0, 0.1) is 0 Å². The summed E-state index contributed by atoms with van der Waals surface area (Å²) in [4.78, 5) is 19.4. The molecule has 1 aliphatic heterocycles. The molecule has 26 heavy (non-hydrogen) atoms. The molecule has 3 aromatic rings. The number of rotatable bonds is 5. The number of nitrogens with one attached hydrogen (secondary N) is 1. The van der Waals surface area contributed by atoms with Gasteiger partial charge < -0.3 is 14.2 Å². The molecule has 0 aliphatic carbocycles. The molecule has 1 fully saturated rings. The van der Waals surface area contributed by atoms with Crippen molar-refractivity contribution in [3.63, 3.8) is 0 Å². The van der Waals surface area contributed by atoms with Gasteiger partial charge in [0.05, 0.1) is 6.61 Å². The van der Waals surface area contributed by atoms with Gasteiger partial charge in [-0.15, -0.1) is 0 Å². The molecule has 8 nitrogen and oxygen atoms in total. The van der Waals surface area contributed by atoms with E-state index in [-0.39, 0.29) is 11.8 Å². The zero-order chi connectivity index (χ0) is 17.9. The SMILES string of the molecule is COCCn1ccnc1[C@@H]1CCCN(C(=O)c2ccc3n[nH]nc3c2)C1. The van der Waals surface area contributed by atoms with Crippen molar-refractivity contribution in [3.8, 4) is 0 Å². The first kappa shape index (κ1) is 16.7. The van der Waals surface area contributed by atoms with Gasteiger partial charge in [0, 0.05) is 50.6 Å². The van der Waals surface area contributed by atoms with Gasteiger partial charge >= 0.3 is 0 Å². The van der Waals surface area contributed by atoms with Gasteiger partial charge in [-0.2, -0.15) is 15.4 Å². The number of methoxy groups -OCH3 is 1. The highest BCUT2D eigenvalue weighted by Gasteiger charge is 2.28. The quantitative estimate of drug-likeness (QED) is 0.755. The van der Waals surface area contributed by atoms with Crippen molar-refractivity contribution in [1.29, 1.82) is 0 Å². The number of fused-ring (bicyclic) bond motifs is 1. The van der Waals surface area contributed by atoms with E-state index in [1.165, 1.54) is 0 Å². The fourth-order valence-corrected chi connectivity index (χ4v) is 3.59. The molecule has 1 aromatic carbocycles. The van der Waals surface area contributed by atoms with E-state index in [1.54, 1.807) is 13.2 Å². The summed E-state index contributed by atoms with van der Waals surface area (Å²) in [5, 5.41) is 10.7. The maximum absolute atomic E-state index is 13.0. The van der Waals surface area contributed by atoms with Crippen LogP contribution in [0.15, 0.2) is 30.6 Å². The van der Waals surface area contributed by atoms with Crippen LogP contribution in [0.5, 0.6) is 0 Å². The number of likely N-dealkylation sites (tertiary alicyclic amines) is 1. The van der Waals surface area contributed by atoms with Gasteiger partial charge in [0.15, 0.2) is 0 Å². The van der Waals surface area contributed by atoms with Gasteiger partial charge in [-0.1, -0.05) is 0 Å². The van der Waals surface area contributed by atoms with Crippen molar-refractivity contribution in [2.45, 2.75) is 25.3 Å². The molecule has 1 amide bonds. The lowest BCUT2D eigenvalue weighted by Gasteiger charge is -2.32. The second-order valence-electron chi connectivity index (χ2n) is 6.59. The number of aromatic amines is 1. The van der Waals surface area contributed by atoms with E-state index < -0.39 is 0 Å². The van der Waals surface area contributed by atoms with E-state index in [0.717, 1.165) is 37.3 Å². The second kappa shape index (κ2) is 7.25. The zero-order valence-electron chi connectivity index (χ0n) is 14.8. The van der Waals surface area contributed by atoms with Crippen LogP contribution in [0.1, 0.15) is 34.9 Å². The molecule has 136 valence electrons. The van der Waals surface area contributed by atoms with Crippen molar-refractivity contribution in [2.75, 3.05) is 26.8 Å². The molecule has 1 aliphatic rings. The Morgan fingerprint density at radius 1 is 1.35 bits per heavy atom. The van der Waals surface area contributed by atoms with E-state index in [1.807, 2.05) is 29.4 Å². The molecule has 0 saturated carbocycles. The van der Waals surface area contributed by atoms with Gasteiger partial charge in [-0.05, 0) is 31.0 Å². The molecule has 1 atom stereocenters. The number of hydrogen-bond acceptors (Lipinski definition) is 5. The summed E-state index contributed by atoms with van der Waals surface area (Å²) >= 11 is 0. The highest BCUT2D eigenvalue weighted by atomic mass is 16.5. The number of piperidine rings is 1. The van der Waals surface area contributed by atoms with Crippen LogP contribution in [0.3, 0.4) is 0 Å². The Hall–Kier alpha value is -2.74. The molecule has 1 saturated heterocycles. The summed E-state index contributed by atoms with van der Waals surface area (Å²) < 4.78 is 7.30. The second-order valence-corrected chi connectivity index (χ2v) is 6.59. The summed E-state index contributed by atoms with van der Waals surface area (Å²) in [5.74, 6) is 1.32. The van der Waals surface area contributed by atoms with Crippen molar-refractivity contribution in [1.82, 2.24) is 29.9 Å². The third-order valence-electron chi connectivity index (χ3n) is 4.92. The van der Waals surface area contributed by atoms with E-state index in [2.05, 4.69) is 25.0 Å². The Balaban J connectivity index is 1.51. The number of carbonyl (C=O) groups excluding carboxylic acids is 1. The molecule has 2 aromatic heterocycles. The van der Waals surface area contributed by atoms with Crippen LogP contribution in [-0.2, 0) is 11.3 Å². The molecule has 0 spiro atoms. The van der Waals surface area contributed by atoms with Crippen LogP contribution in [0.4, 0.5) is 0 Å². The first-order chi connectivity index (χ1) is 12.8. The normalized spacial score (nSPS) is 17.7. The molecule has 8 heteroatoms. The number of ether oxygens (including phenoxy) is 1. The number of H-pyrrole nitrogens is 1. The maximum Gasteiger partial charge on any atom is 0.253 e. The average Bonchev–Trinajstić information content (AvgIpc) is 3.34. The third-order valence-corrected chi connectivity index (χ3v) is 4.92. The predicted molar refractivity (Wildman–Crippen MR) is 95.9 cm³/mol. The predicted octanol–water partition coefficient (Wildman–Crippen LogP) is 1.82. The van der Waals surface area contributed by atoms with Crippen molar-refractivity contribution in [3.05, 3.63) is 42.0 Å². The monoisotopic (exact) mass is 354 g/mol. The minimum absolute atomic E-state index is 0.0367. The van der Waals surface area contributed by atoms with Gasteiger partial charge in [-0.3, -0.25) is 4.79 Å². The fourth-order valence-electron chi connectivity index (χ4n) is 3.59. The van der Waals surface area contributed by atoms with Crippen LogP contribution in [-0.4, -0.2) is 62.6 Å². The van der Waals surface area contributed by atoms with Crippen LogP contribution < -0.4 is 0 Å². The molecule has 1 N–H and O–H groups in total. The summed E-state index contributed by atoms with van der Waals surface area (Å²) in [6, 6.07) is 5.44. The van der Waals surface area contributed by atoms with Crippen molar-refractivity contribution >= 4 is 16.9 Å². The largest absolute Gasteiger partial charge is 0.383 e. The van der Waals surface area contributed by atoms with Gasteiger partial charge in [0.25, 0.3) is 5.91 Å². The van der Waals surface area contributed by atoms with Crippen molar-refractivity contribution in [2.24, 2.45) is 0 Å². The standard InChI is InChI=1S/C18H22N6O2/c1-26-10-9-23-8-6-19-17(23)14-3-2-7-24(12-14)18(25)13-4-5-15-16(11-13)21-22-20-15/h4-6,8,11,14H,2-3,7,9-10,12H2,1H3,(H,20,21,22)/t14-/m1/s1. The van der Waals surface area contributed by atoms with Gasteiger partial charge in [-0.25, -0.2) is 4.98 Å². The third kappa shape index (κ3) is 3.20. The average molecular weight is 354 g/mol. The Kier molecular flexibility index (Phi) is 4.66. The number of benzene rings is 1. The van der Waals surface area contributed by atoms with Crippen LogP contribution in [0.2, 0.25) is 0 Å². The molecule has 0 radical (unpaired) electrons. The Labute approximate surface area is 151 Å². The van der Waals surface area contributed by atoms with Crippen LogP contribution >= 0.6 is 0 Å². The lowest BCUT2D eigenvalue weighted by atomic mass is 9.96. The lowest BCUT2D eigenvalue weighted by Crippen LogP contribution is -2.39. The topological polar surface area (TPSA) is 88.9 Å². The van der Waals surface area contributed by atoms with Crippen molar-refractivity contribution < 1.29 is 9.53 Å². The number of nitrogens with zero attached hydrogens (tertiary/aromatic N) is 5. The number of imidazole rings is 1. The number of aromatic nitrogens is 5. The highest BCUT2D eigenvalue weighted by molar-refractivity contribution is 5.97. The maximum atomic E-state index is 13.0. The minimum Gasteiger partial charge on any atom is -0.383 e. The molecule has 3 heterocycles. The van der Waals surface area contributed by atoms with Gasteiger partial charge in [0.2, 0.25) is 0 Å². The zero-order valence-corrected chi connectivity index (χ0v) is 14.8. The van der Waals surface area contributed by atoms with E-state index in [0.29, 0.717) is 24.2 Å². The fraction of sp³-hybridized carbons (Fsp3) is 0.444.